The monoisotopic (exact) mass is 268 g/mol. The van der Waals surface area contributed by atoms with Gasteiger partial charge >= 0.3 is 0 Å². The molecule has 2 aromatic carbocycles. The van der Waals surface area contributed by atoms with Crippen molar-refractivity contribution in [3.05, 3.63) is 53.6 Å². The fourth-order valence-electron chi connectivity index (χ4n) is 2.84. The zero-order valence-electron chi connectivity index (χ0n) is 11.7. The Hall–Kier alpha value is -2.16. The molecule has 0 heterocycles. The van der Waals surface area contributed by atoms with Crippen molar-refractivity contribution in [2.75, 3.05) is 18.2 Å². The first kappa shape index (κ1) is 12.9. The Balaban J connectivity index is 1.73. The SMILES string of the molecule is COc1ccc(NC2CCc3ccccc3C2)c(N)c1. The summed E-state index contributed by atoms with van der Waals surface area (Å²) in [6, 6.07) is 14.9. The Morgan fingerprint density at radius 1 is 1.15 bits per heavy atom. The number of nitrogens with two attached hydrogens (primary N) is 1. The van der Waals surface area contributed by atoms with E-state index in [2.05, 4.69) is 29.6 Å². The van der Waals surface area contributed by atoms with Crippen LogP contribution in [0, 0.1) is 0 Å². The molecule has 0 spiro atoms. The summed E-state index contributed by atoms with van der Waals surface area (Å²) in [5, 5.41) is 3.56. The largest absolute Gasteiger partial charge is 0.497 e. The molecule has 1 unspecified atom stereocenters. The van der Waals surface area contributed by atoms with Crippen molar-refractivity contribution in [1.29, 1.82) is 0 Å². The zero-order valence-corrected chi connectivity index (χ0v) is 11.7. The molecule has 3 nitrogen and oxygen atoms in total. The van der Waals surface area contributed by atoms with Gasteiger partial charge in [0.05, 0.1) is 18.5 Å². The van der Waals surface area contributed by atoms with E-state index >= 15 is 0 Å². The lowest BCUT2D eigenvalue weighted by Crippen LogP contribution is -2.27. The minimum absolute atomic E-state index is 0.445. The molecule has 0 amide bonds. The second-order valence-corrected chi connectivity index (χ2v) is 5.31. The molecule has 0 saturated heterocycles. The second-order valence-electron chi connectivity index (χ2n) is 5.31. The van der Waals surface area contributed by atoms with Crippen molar-refractivity contribution < 1.29 is 4.74 Å². The van der Waals surface area contributed by atoms with Gasteiger partial charge in [0.2, 0.25) is 0 Å². The van der Waals surface area contributed by atoms with Crippen molar-refractivity contribution in [1.82, 2.24) is 0 Å². The first-order valence-electron chi connectivity index (χ1n) is 7.03. The molecule has 20 heavy (non-hydrogen) atoms. The number of anilines is 2. The minimum Gasteiger partial charge on any atom is -0.497 e. The molecule has 0 fully saturated rings. The maximum atomic E-state index is 6.07. The molecule has 1 atom stereocenters. The number of ether oxygens (including phenoxy) is 1. The van der Waals surface area contributed by atoms with Crippen molar-refractivity contribution in [2.24, 2.45) is 0 Å². The molecular formula is C17H20N2O. The van der Waals surface area contributed by atoms with Gasteiger partial charge in [-0.05, 0) is 42.5 Å². The summed E-state index contributed by atoms with van der Waals surface area (Å²) >= 11 is 0. The Kier molecular flexibility index (Phi) is 3.50. The molecule has 3 heteroatoms. The van der Waals surface area contributed by atoms with Gasteiger partial charge in [-0.2, -0.15) is 0 Å². The number of fused-ring (bicyclic) bond motifs is 1. The van der Waals surface area contributed by atoms with E-state index in [0.29, 0.717) is 6.04 Å². The smallest absolute Gasteiger partial charge is 0.121 e. The van der Waals surface area contributed by atoms with Gasteiger partial charge in [-0.15, -0.1) is 0 Å². The van der Waals surface area contributed by atoms with Crippen LogP contribution in [0.25, 0.3) is 0 Å². The van der Waals surface area contributed by atoms with Crippen molar-refractivity contribution in [3.8, 4) is 5.75 Å². The van der Waals surface area contributed by atoms with E-state index in [-0.39, 0.29) is 0 Å². The predicted octanol–water partition coefficient (Wildman–Crippen LogP) is 3.25. The molecule has 104 valence electrons. The van der Waals surface area contributed by atoms with Crippen molar-refractivity contribution >= 4 is 11.4 Å². The number of benzene rings is 2. The van der Waals surface area contributed by atoms with E-state index in [4.69, 9.17) is 10.5 Å². The number of nitrogen functional groups attached to an aromatic ring is 1. The summed E-state index contributed by atoms with van der Waals surface area (Å²) in [4.78, 5) is 0. The summed E-state index contributed by atoms with van der Waals surface area (Å²) in [6.07, 6.45) is 3.33. The standard InChI is InChI=1S/C17H20N2O/c1-20-15-8-9-17(16(18)11-15)19-14-7-6-12-4-2-3-5-13(12)10-14/h2-5,8-9,11,14,19H,6-7,10,18H2,1H3. The van der Waals surface area contributed by atoms with Gasteiger partial charge in [-0.1, -0.05) is 24.3 Å². The van der Waals surface area contributed by atoms with Gasteiger partial charge in [-0.25, -0.2) is 0 Å². The van der Waals surface area contributed by atoms with Crippen LogP contribution >= 0.6 is 0 Å². The molecule has 0 aromatic heterocycles. The number of hydrogen-bond acceptors (Lipinski definition) is 3. The van der Waals surface area contributed by atoms with Crippen LogP contribution < -0.4 is 15.8 Å². The van der Waals surface area contributed by atoms with Gasteiger partial charge < -0.3 is 15.8 Å². The van der Waals surface area contributed by atoms with Crippen LogP contribution in [0.5, 0.6) is 5.75 Å². The van der Waals surface area contributed by atoms with E-state index in [1.807, 2.05) is 18.2 Å². The third kappa shape index (κ3) is 2.57. The van der Waals surface area contributed by atoms with Gasteiger partial charge in [-0.3, -0.25) is 0 Å². The fourth-order valence-corrected chi connectivity index (χ4v) is 2.84. The molecule has 2 aromatic rings. The highest BCUT2D eigenvalue weighted by atomic mass is 16.5. The normalized spacial score (nSPS) is 17.4. The highest BCUT2D eigenvalue weighted by Gasteiger charge is 2.18. The van der Waals surface area contributed by atoms with Gasteiger partial charge in [0.25, 0.3) is 0 Å². The van der Waals surface area contributed by atoms with Crippen LogP contribution in [-0.4, -0.2) is 13.2 Å². The maximum Gasteiger partial charge on any atom is 0.121 e. The minimum atomic E-state index is 0.445. The summed E-state index contributed by atoms with van der Waals surface area (Å²) in [5.74, 6) is 0.794. The number of methoxy groups -OCH3 is 1. The van der Waals surface area contributed by atoms with E-state index in [1.165, 1.54) is 11.1 Å². The number of aryl methyl sites for hydroxylation is 1. The topological polar surface area (TPSA) is 47.3 Å². The molecule has 0 aliphatic heterocycles. The van der Waals surface area contributed by atoms with Gasteiger partial charge in [0, 0.05) is 12.1 Å². The molecule has 3 rings (SSSR count). The molecular weight excluding hydrogens is 248 g/mol. The molecule has 0 bridgehead atoms. The molecule has 0 saturated carbocycles. The van der Waals surface area contributed by atoms with E-state index in [1.54, 1.807) is 7.11 Å². The number of nitrogens with one attached hydrogen (secondary N) is 1. The Labute approximate surface area is 119 Å². The van der Waals surface area contributed by atoms with Crippen LogP contribution in [0.1, 0.15) is 17.5 Å². The van der Waals surface area contributed by atoms with Crippen LogP contribution in [0.2, 0.25) is 0 Å². The van der Waals surface area contributed by atoms with Crippen LogP contribution in [-0.2, 0) is 12.8 Å². The van der Waals surface area contributed by atoms with E-state index in [0.717, 1.165) is 36.4 Å². The number of hydrogen-bond donors (Lipinski definition) is 2. The lowest BCUT2D eigenvalue weighted by atomic mass is 9.88. The second kappa shape index (κ2) is 5.45. The molecule has 1 aliphatic carbocycles. The highest BCUT2D eigenvalue weighted by Crippen LogP contribution is 2.28. The van der Waals surface area contributed by atoms with Crippen LogP contribution in [0.4, 0.5) is 11.4 Å². The first-order chi connectivity index (χ1) is 9.76. The molecule has 1 aliphatic rings. The summed E-state index contributed by atoms with van der Waals surface area (Å²) in [6.45, 7) is 0. The van der Waals surface area contributed by atoms with E-state index in [9.17, 15) is 0 Å². The van der Waals surface area contributed by atoms with Crippen LogP contribution in [0.15, 0.2) is 42.5 Å². The first-order valence-corrected chi connectivity index (χ1v) is 7.03. The Morgan fingerprint density at radius 2 is 1.95 bits per heavy atom. The summed E-state index contributed by atoms with van der Waals surface area (Å²) in [5.41, 5.74) is 10.7. The Bertz CT molecular complexity index is 610. The predicted molar refractivity (Wildman–Crippen MR) is 83.3 cm³/mol. The van der Waals surface area contributed by atoms with Gasteiger partial charge in [0.15, 0.2) is 0 Å². The average molecular weight is 268 g/mol. The quantitative estimate of drug-likeness (QED) is 0.840. The molecule has 3 N–H and O–H groups in total. The third-order valence-corrected chi connectivity index (χ3v) is 3.97. The van der Waals surface area contributed by atoms with Crippen LogP contribution in [0.3, 0.4) is 0 Å². The number of rotatable bonds is 3. The highest BCUT2D eigenvalue weighted by molar-refractivity contribution is 5.68. The average Bonchev–Trinajstić information content (AvgIpc) is 2.49. The fraction of sp³-hybridized carbons (Fsp3) is 0.294. The maximum absolute atomic E-state index is 6.07. The van der Waals surface area contributed by atoms with E-state index < -0.39 is 0 Å². The lowest BCUT2D eigenvalue weighted by molar-refractivity contribution is 0.415. The van der Waals surface area contributed by atoms with Crippen molar-refractivity contribution in [3.63, 3.8) is 0 Å². The van der Waals surface area contributed by atoms with Gasteiger partial charge in [0.1, 0.15) is 5.75 Å². The lowest BCUT2D eigenvalue weighted by Gasteiger charge is -2.27. The summed E-state index contributed by atoms with van der Waals surface area (Å²) < 4.78 is 5.18. The third-order valence-electron chi connectivity index (χ3n) is 3.97. The zero-order chi connectivity index (χ0) is 13.9. The summed E-state index contributed by atoms with van der Waals surface area (Å²) in [7, 11) is 1.65. The molecule has 0 radical (unpaired) electrons. The van der Waals surface area contributed by atoms with Crippen molar-refractivity contribution in [2.45, 2.75) is 25.3 Å². The Morgan fingerprint density at radius 3 is 2.70 bits per heavy atom.